The van der Waals surface area contributed by atoms with E-state index in [4.69, 9.17) is 11.6 Å². The van der Waals surface area contributed by atoms with Crippen molar-refractivity contribution in [3.05, 3.63) is 41.4 Å². The van der Waals surface area contributed by atoms with Gasteiger partial charge in [-0.2, -0.15) is 0 Å². The zero-order chi connectivity index (χ0) is 11.8. The lowest BCUT2D eigenvalue weighted by atomic mass is 10.1. The molecule has 2 aromatic carbocycles. The Morgan fingerprint density at radius 3 is 2.56 bits per heavy atom. The first-order chi connectivity index (χ1) is 7.46. The van der Waals surface area contributed by atoms with Gasteiger partial charge in [0.1, 0.15) is 5.75 Å². The number of benzene rings is 2. The van der Waals surface area contributed by atoms with Crippen molar-refractivity contribution < 1.29 is 17.9 Å². The molecule has 0 fully saturated rings. The van der Waals surface area contributed by atoms with Crippen LogP contribution < -0.4 is 4.74 Å². The average Bonchev–Trinajstić information content (AvgIpc) is 2.14. The van der Waals surface area contributed by atoms with Gasteiger partial charge < -0.3 is 4.74 Å². The molecule has 0 heterocycles. The van der Waals surface area contributed by atoms with E-state index >= 15 is 0 Å². The van der Waals surface area contributed by atoms with Gasteiger partial charge in [0.25, 0.3) is 0 Å². The van der Waals surface area contributed by atoms with E-state index in [2.05, 4.69) is 10.8 Å². The van der Waals surface area contributed by atoms with E-state index in [1.54, 1.807) is 18.2 Å². The lowest BCUT2D eigenvalue weighted by molar-refractivity contribution is -0.274. The van der Waals surface area contributed by atoms with Crippen LogP contribution in [-0.2, 0) is 0 Å². The van der Waals surface area contributed by atoms with Crippen molar-refractivity contribution in [3.8, 4) is 5.75 Å². The number of alkyl halides is 3. The van der Waals surface area contributed by atoms with Crippen LogP contribution in [0.25, 0.3) is 10.8 Å². The zero-order valence-corrected chi connectivity index (χ0v) is 8.56. The van der Waals surface area contributed by atoms with Crippen LogP contribution in [0.4, 0.5) is 13.2 Å². The highest BCUT2D eigenvalue weighted by Crippen LogP contribution is 2.33. The Hall–Kier alpha value is -1.42. The second-order valence-electron chi connectivity index (χ2n) is 3.07. The van der Waals surface area contributed by atoms with Crippen LogP contribution in [-0.4, -0.2) is 6.36 Å². The van der Waals surface area contributed by atoms with Crippen molar-refractivity contribution in [3.63, 3.8) is 0 Å². The van der Waals surface area contributed by atoms with E-state index in [1.165, 1.54) is 6.07 Å². The normalized spacial score (nSPS) is 11.8. The molecule has 83 valence electrons. The van der Waals surface area contributed by atoms with Gasteiger partial charge in [-0.1, -0.05) is 35.9 Å². The SMILES string of the molecule is FC(F)(F)Oc1cc(Cl)[c]c2ccccc12. The second-order valence-corrected chi connectivity index (χ2v) is 3.48. The first-order valence-corrected chi connectivity index (χ1v) is 4.70. The fourth-order valence-corrected chi connectivity index (χ4v) is 1.57. The summed E-state index contributed by atoms with van der Waals surface area (Å²) in [6.07, 6.45) is -4.73. The van der Waals surface area contributed by atoms with Gasteiger partial charge in [0.15, 0.2) is 0 Å². The number of rotatable bonds is 1. The maximum absolute atomic E-state index is 12.1. The maximum Gasteiger partial charge on any atom is 0.573 e. The molecule has 16 heavy (non-hydrogen) atoms. The summed E-state index contributed by atoms with van der Waals surface area (Å²) in [4.78, 5) is 0. The van der Waals surface area contributed by atoms with E-state index in [1.807, 2.05) is 0 Å². The number of fused-ring (bicyclic) bond motifs is 1. The molecule has 0 spiro atoms. The minimum atomic E-state index is -4.73. The molecule has 0 atom stereocenters. The predicted octanol–water partition coefficient (Wildman–Crippen LogP) is 4.19. The quantitative estimate of drug-likeness (QED) is 0.732. The molecule has 0 saturated carbocycles. The molecule has 5 heteroatoms. The molecule has 2 aromatic rings. The number of ether oxygens (including phenoxy) is 1. The average molecular weight is 246 g/mol. The standard InChI is InChI=1S/C11H5ClF3O/c12-8-5-7-3-1-2-4-9(7)10(6-8)16-11(13,14)15/h1-4,6H. The van der Waals surface area contributed by atoms with Gasteiger partial charge in [0.2, 0.25) is 0 Å². The maximum atomic E-state index is 12.1. The third kappa shape index (κ3) is 2.39. The summed E-state index contributed by atoms with van der Waals surface area (Å²) in [5, 5.41) is 0.886. The van der Waals surface area contributed by atoms with Gasteiger partial charge in [-0.25, -0.2) is 0 Å². The molecule has 0 amide bonds. The van der Waals surface area contributed by atoms with Crippen LogP contribution >= 0.6 is 11.6 Å². The van der Waals surface area contributed by atoms with Crippen LogP contribution in [0.1, 0.15) is 0 Å². The molecule has 0 N–H and O–H groups in total. The monoisotopic (exact) mass is 245 g/mol. The smallest absolute Gasteiger partial charge is 0.405 e. The molecule has 2 rings (SSSR count). The van der Waals surface area contributed by atoms with E-state index in [9.17, 15) is 13.2 Å². The topological polar surface area (TPSA) is 9.23 Å². The summed E-state index contributed by atoms with van der Waals surface area (Å²) < 4.78 is 40.3. The molecule has 1 radical (unpaired) electrons. The minimum absolute atomic E-state index is 0.0814. The summed E-state index contributed by atoms with van der Waals surface area (Å²) in [7, 11) is 0. The third-order valence-electron chi connectivity index (χ3n) is 1.93. The molecule has 0 aliphatic heterocycles. The Bertz CT molecular complexity index is 522. The Morgan fingerprint density at radius 1 is 1.19 bits per heavy atom. The van der Waals surface area contributed by atoms with Crippen molar-refractivity contribution in [2.45, 2.75) is 6.36 Å². The summed E-state index contributed by atoms with van der Waals surface area (Å²) in [5.74, 6) is -0.313. The summed E-state index contributed by atoms with van der Waals surface area (Å²) in [6, 6.07) is 10.3. The van der Waals surface area contributed by atoms with Crippen molar-refractivity contribution in [1.29, 1.82) is 0 Å². The fourth-order valence-electron chi connectivity index (χ4n) is 1.37. The van der Waals surface area contributed by atoms with Crippen LogP contribution in [0.5, 0.6) is 5.75 Å². The zero-order valence-electron chi connectivity index (χ0n) is 7.81. The number of halogens is 4. The van der Waals surface area contributed by atoms with E-state index < -0.39 is 6.36 Å². The fraction of sp³-hybridized carbons (Fsp3) is 0.0909. The molecular formula is C11H5ClF3O. The molecular weight excluding hydrogens is 241 g/mol. The molecule has 0 aliphatic rings. The van der Waals surface area contributed by atoms with Crippen LogP contribution in [0.3, 0.4) is 0 Å². The lowest BCUT2D eigenvalue weighted by Gasteiger charge is -2.11. The van der Waals surface area contributed by atoms with Crippen LogP contribution in [0, 0.1) is 6.07 Å². The van der Waals surface area contributed by atoms with Gasteiger partial charge in [-0.15, -0.1) is 13.2 Å². The van der Waals surface area contributed by atoms with Crippen molar-refractivity contribution in [2.24, 2.45) is 0 Å². The summed E-state index contributed by atoms with van der Waals surface area (Å²) >= 11 is 5.65. The highest BCUT2D eigenvalue weighted by Gasteiger charge is 2.31. The molecule has 1 nitrogen and oxygen atoms in total. The molecule has 0 unspecified atom stereocenters. The van der Waals surface area contributed by atoms with Crippen molar-refractivity contribution in [2.75, 3.05) is 0 Å². The first kappa shape index (κ1) is 11.1. The van der Waals surface area contributed by atoms with E-state index in [0.29, 0.717) is 10.8 Å². The van der Waals surface area contributed by atoms with Crippen LogP contribution in [0.2, 0.25) is 5.02 Å². The Morgan fingerprint density at radius 2 is 1.88 bits per heavy atom. The predicted molar refractivity (Wildman–Crippen MR) is 54.5 cm³/mol. The van der Waals surface area contributed by atoms with Crippen LogP contribution in [0.15, 0.2) is 30.3 Å². The Kier molecular flexibility index (Phi) is 2.68. The second kappa shape index (κ2) is 3.87. The van der Waals surface area contributed by atoms with E-state index in [-0.39, 0.29) is 10.8 Å². The third-order valence-corrected chi connectivity index (χ3v) is 2.13. The van der Waals surface area contributed by atoms with Crippen molar-refractivity contribution in [1.82, 2.24) is 0 Å². The van der Waals surface area contributed by atoms with Crippen molar-refractivity contribution >= 4 is 22.4 Å². The molecule has 0 bridgehead atoms. The Labute approximate surface area is 94.4 Å². The molecule has 0 aliphatic carbocycles. The van der Waals surface area contributed by atoms with Gasteiger partial charge in [0, 0.05) is 17.5 Å². The van der Waals surface area contributed by atoms with Gasteiger partial charge in [-0.3, -0.25) is 0 Å². The first-order valence-electron chi connectivity index (χ1n) is 4.32. The van der Waals surface area contributed by atoms with Gasteiger partial charge >= 0.3 is 6.36 Å². The molecule has 0 aromatic heterocycles. The van der Waals surface area contributed by atoms with E-state index in [0.717, 1.165) is 6.07 Å². The summed E-state index contributed by atoms with van der Waals surface area (Å²) in [6.45, 7) is 0. The minimum Gasteiger partial charge on any atom is -0.405 e. The van der Waals surface area contributed by atoms with Gasteiger partial charge in [0.05, 0.1) is 5.02 Å². The number of hydrogen-bond donors (Lipinski definition) is 0. The number of hydrogen-bond acceptors (Lipinski definition) is 1. The highest BCUT2D eigenvalue weighted by molar-refractivity contribution is 6.31. The Balaban J connectivity index is 2.59. The molecule has 0 saturated heterocycles. The lowest BCUT2D eigenvalue weighted by Crippen LogP contribution is -2.17. The largest absolute Gasteiger partial charge is 0.573 e. The highest BCUT2D eigenvalue weighted by atomic mass is 35.5. The van der Waals surface area contributed by atoms with Gasteiger partial charge in [-0.05, 0) is 5.39 Å². The summed E-state index contributed by atoms with van der Waals surface area (Å²) in [5.41, 5.74) is 0.